The van der Waals surface area contributed by atoms with Gasteiger partial charge in [-0.25, -0.2) is 4.79 Å². The summed E-state index contributed by atoms with van der Waals surface area (Å²) in [6, 6.07) is 5.71. The van der Waals surface area contributed by atoms with Crippen molar-refractivity contribution in [3.8, 4) is 0 Å². The minimum Gasteiger partial charge on any atom is -0.467 e. The number of methoxy groups -OCH3 is 1. The molecular formula is C20H28ClN3O5. The maximum atomic E-state index is 12.0. The Morgan fingerprint density at radius 3 is 2.14 bits per heavy atom. The molecule has 9 heteroatoms. The lowest BCUT2D eigenvalue weighted by Gasteiger charge is -2.18. The molecule has 0 saturated heterocycles. The number of amides is 3. The molecule has 0 spiro atoms. The number of ether oxygens (including phenoxy) is 1. The molecule has 1 aromatic rings. The molecule has 0 fully saturated rings. The Kier molecular flexibility index (Phi) is 10.8. The van der Waals surface area contributed by atoms with Gasteiger partial charge in [-0.3, -0.25) is 14.4 Å². The minimum absolute atomic E-state index is 0.0362. The number of rotatable bonds is 11. The van der Waals surface area contributed by atoms with Crippen LogP contribution in [0.15, 0.2) is 24.3 Å². The molecule has 0 unspecified atom stereocenters. The second kappa shape index (κ2) is 12.8. The van der Waals surface area contributed by atoms with Crippen molar-refractivity contribution in [3.05, 3.63) is 34.9 Å². The van der Waals surface area contributed by atoms with Crippen LogP contribution in [0.4, 0.5) is 0 Å². The van der Waals surface area contributed by atoms with Crippen LogP contribution < -0.4 is 16.0 Å². The van der Waals surface area contributed by atoms with Crippen molar-refractivity contribution in [2.45, 2.75) is 39.2 Å². The monoisotopic (exact) mass is 425 g/mol. The fourth-order valence-corrected chi connectivity index (χ4v) is 2.62. The van der Waals surface area contributed by atoms with Gasteiger partial charge in [0, 0.05) is 36.5 Å². The van der Waals surface area contributed by atoms with E-state index in [4.69, 9.17) is 16.3 Å². The van der Waals surface area contributed by atoms with E-state index in [9.17, 15) is 19.2 Å². The van der Waals surface area contributed by atoms with E-state index in [1.54, 1.807) is 24.3 Å². The number of esters is 1. The first-order chi connectivity index (χ1) is 13.7. The summed E-state index contributed by atoms with van der Waals surface area (Å²) in [7, 11) is 1.27. The zero-order valence-corrected chi connectivity index (χ0v) is 17.7. The van der Waals surface area contributed by atoms with Gasteiger partial charge >= 0.3 is 5.97 Å². The minimum atomic E-state index is -0.703. The number of carbonyl (C=O) groups is 4. The van der Waals surface area contributed by atoms with Crippen molar-refractivity contribution in [2.24, 2.45) is 5.92 Å². The van der Waals surface area contributed by atoms with E-state index in [2.05, 4.69) is 16.0 Å². The average Bonchev–Trinajstić information content (AvgIpc) is 2.66. The Labute approximate surface area is 175 Å². The molecule has 160 valence electrons. The maximum Gasteiger partial charge on any atom is 0.328 e. The maximum absolute atomic E-state index is 12.0. The average molecular weight is 426 g/mol. The van der Waals surface area contributed by atoms with Crippen molar-refractivity contribution >= 4 is 35.3 Å². The summed E-state index contributed by atoms with van der Waals surface area (Å²) in [5.41, 5.74) is 0.452. The Morgan fingerprint density at radius 2 is 1.55 bits per heavy atom. The van der Waals surface area contributed by atoms with Gasteiger partial charge in [0.25, 0.3) is 5.91 Å². The zero-order chi connectivity index (χ0) is 21.8. The lowest BCUT2D eigenvalue weighted by atomic mass is 10.0. The fourth-order valence-electron chi connectivity index (χ4n) is 2.49. The van der Waals surface area contributed by atoms with E-state index >= 15 is 0 Å². The number of nitrogens with one attached hydrogen (secondary N) is 3. The molecule has 1 aromatic carbocycles. The topological polar surface area (TPSA) is 114 Å². The second-order valence-corrected chi connectivity index (χ2v) is 7.32. The van der Waals surface area contributed by atoms with Crippen molar-refractivity contribution < 1.29 is 23.9 Å². The van der Waals surface area contributed by atoms with Crippen LogP contribution >= 0.6 is 11.6 Å². The van der Waals surface area contributed by atoms with Gasteiger partial charge in [0.1, 0.15) is 6.04 Å². The van der Waals surface area contributed by atoms with E-state index in [0.717, 1.165) is 0 Å². The van der Waals surface area contributed by atoms with Crippen molar-refractivity contribution in [2.75, 3.05) is 20.2 Å². The van der Waals surface area contributed by atoms with Crippen molar-refractivity contribution in [1.82, 2.24) is 16.0 Å². The van der Waals surface area contributed by atoms with Gasteiger partial charge in [0.2, 0.25) is 11.8 Å². The SMILES string of the molecule is COC(=O)[C@@H](CC(C)C)NC(=O)CCNC(=O)CCNC(=O)c1ccc(Cl)cc1. The summed E-state index contributed by atoms with van der Waals surface area (Å²) in [5.74, 6) is -1.22. The lowest BCUT2D eigenvalue weighted by molar-refractivity contribution is -0.145. The lowest BCUT2D eigenvalue weighted by Crippen LogP contribution is -2.43. The summed E-state index contributed by atoms with van der Waals surface area (Å²) in [6.07, 6.45) is 0.589. The predicted octanol–water partition coefficient (Wildman–Crippen LogP) is 1.67. The molecule has 0 saturated carbocycles. The standard InChI is InChI=1S/C20H28ClN3O5/c1-13(2)12-16(20(28)29-3)24-18(26)9-10-22-17(25)8-11-23-19(27)14-4-6-15(21)7-5-14/h4-7,13,16H,8-12H2,1-3H3,(H,22,25)(H,23,27)(H,24,26)/t16-/m1/s1. The van der Waals surface area contributed by atoms with Gasteiger partial charge in [-0.1, -0.05) is 25.4 Å². The van der Waals surface area contributed by atoms with Gasteiger partial charge in [-0.15, -0.1) is 0 Å². The first-order valence-corrected chi connectivity index (χ1v) is 9.78. The summed E-state index contributed by atoms with van der Waals surface area (Å²) in [6.45, 7) is 4.17. The first kappa shape index (κ1) is 24.4. The van der Waals surface area contributed by atoms with E-state index in [0.29, 0.717) is 17.0 Å². The summed E-state index contributed by atoms with van der Waals surface area (Å²) in [4.78, 5) is 47.4. The molecule has 0 radical (unpaired) electrons. The number of halogens is 1. The fraction of sp³-hybridized carbons (Fsp3) is 0.500. The Balaban J connectivity index is 2.26. The van der Waals surface area contributed by atoms with Gasteiger partial charge in [0.15, 0.2) is 0 Å². The predicted molar refractivity (Wildman–Crippen MR) is 109 cm³/mol. The Hall–Kier alpha value is -2.61. The quantitative estimate of drug-likeness (QED) is 0.467. The highest BCUT2D eigenvalue weighted by Crippen LogP contribution is 2.09. The molecule has 1 atom stereocenters. The summed E-state index contributed by atoms with van der Waals surface area (Å²) in [5, 5.41) is 8.40. The summed E-state index contributed by atoms with van der Waals surface area (Å²) >= 11 is 5.77. The smallest absolute Gasteiger partial charge is 0.328 e. The van der Waals surface area contributed by atoms with Crippen molar-refractivity contribution in [1.29, 1.82) is 0 Å². The molecule has 0 heterocycles. The van der Waals surface area contributed by atoms with E-state index in [1.165, 1.54) is 7.11 Å². The molecule has 3 N–H and O–H groups in total. The van der Waals surface area contributed by atoms with Crippen LogP contribution in [-0.4, -0.2) is 49.9 Å². The summed E-state index contributed by atoms with van der Waals surface area (Å²) < 4.78 is 4.69. The van der Waals surface area contributed by atoms with Gasteiger partial charge < -0.3 is 20.7 Å². The highest BCUT2D eigenvalue weighted by atomic mass is 35.5. The zero-order valence-electron chi connectivity index (χ0n) is 16.9. The molecule has 0 aliphatic heterocycles. The Morgan fingerprint density at radius 1 is 0.966 bits per heavy atom. The number of hydrogen-bond donors (Lipinski definition) is 3. The molecule has 0 aliphatic carbocycles. The van der Waals surface area contributed by atoms with Crippen LogP contribution in [0, 0.1) is 5.92 Å². The van der Waals surface area contributed by atoms with Gasteiger partial charge in [-0.05, 0) is 36.6 Å². The first-order valence-electron chi connectivity index (χ1n) is 9.40. The van der Waals surface area contributed by atoms with Crippen LogP contribution in [0.1, 0.15) is 43.5 Å². The van der Waals surface area contributed by atoms with Crippen molar-refractivity contribution in [3.63, 3.8) is 0 Å². The third-order valence-corrected chi connectivity index (χ3v) is 4.20. The molecule has 0 aliphatic rings. The molecule has 1 rings (SSSR count). The van der Waals surface area contributed by atoms with E-state index in [-0.39, 0.29) is 49.6 Å². The number of carbonyl (C=O) groups excluding carboxylic acids is 4. The van der Waals surface area contributed by atoms with Gasteiger partial charge in [0.05, 0.1) is 7.11 Å². The third kappa shape index (κ3) is 9.94. The van der Waals surface area contributed by atoms with E-state index in [1.807, 2.05) is 13.8 Å². The largest absolute Gasteiger partial charge is 0.467 e. The van der Waals surface area contributed by atoms with Gasteiger partial charge in [-0.2, -0.15) is 0 Å². The van der Waals surface area contributed by atoms with Crippen LogP contribution in [-0.2, 0) is 19.1 Å². The second-order valence-electron chi connectivity index (χ2n) is 6.89. The van der Waals surface area contributed by atoms with E-state index < -0.39 is 12.0 Å². The van der Waals surface area contributed by atoms with Crippen LogP contribution in [0.25, 0.3) is 0 Å². The number of hydrogen-bond acceptors (Lipinski definition) is 5. The third-order valence-electron chi connectivity index (χ3n) is 3.95. The molecule has 8 nitrogen and oxygen atoms in total. The van der Waals surface area contributed by atoms with Crippen LogP contribution in [0.3, 0.4) is 0 Å². The number of benzene rings is 1. The molecule has 3 amide bonds. The molecular weight excluding hydrogens is 398 g/mol. The Bertz CT molecular complexity index is 707. The highest BCUT2D eigenvalue weighted by molar-refractivity contribution is 6.30. The normalized spacial score (nSPS) is 11.5. The highest BCUT2D eigenvalue weighted by Gasteiger charge is 2.22. The van der Waals surface area contributed by atoms with Crippen LogP contribution in [0.2, 0.25) is 5.02 Å². The molecule has 29 heavy (non-hydrogen) atoms. The molecule has 0 bridgehead atoms. The molecule has 0 aromatic heterocycles. The van der Waals surface area contributed by atoms with Crippen LogP contribution in [0.5, 0.6) is 0 Å².